The summed E-state index contributed by atoms with van der Waals surface area (Å²) >= 11 is 0. The molecule has 10 heteroatoms. The van der Waals surface area contributed by atoms with Gasteiger partial charge in [-0.3, -0.25) is 9.59 Å². The second-order valence-electron chi connectivity index (χ2n) is 4.60. The molecule has 0 spiro atoms. The van der Waals surface area contributed by atoms with E-state index in [2.05, 4.69) is 10.6 Å². The molecule has 0 bridgehead atoms. The van der Waals surface area contributed by atoms with Crippen LogP contribution in [0.4, 0.5) is 0 Å². The lowest BCUT2D eigenvalue weighted by molar-refractivity contribution is -0.143. The summed E-state index contributed by atoms with van der Waals surface area (Å²) in [5.74, 6) is -3.02. The molecule has 0 aromatic rings. The molecule has 0 saturated carbocycles. The van der Waals surface area contributed by atoms with Crippen LogP contribution in [0.1, 0.15) is 12.8 Å². The lowest BCUT2D eigenvalue weighted by Crippen LogP contribution is -2.49. The van der Waals surface area contributed by atoms with Gasteiger partial charge in [0.25, 0.3) is 0 Å². The van der Waals surface area contributed by atoms with Crippen molar-refractivity contribution in [3.63, 3.8) is 0 Å². The van der Waals surface area contributed by atoms with Gasteiger partial charge in [0.1, 0.15) is 6.04 Å². The lowest BCUT2D eigenvalue weighted by Gasteiger charge is -2.23. The standard InChI is InChI=1S/C10H17N3O6S/c11-8(14)4-7(10(16)17)13-9(15)3-6-5-20(18,19)2-1-12-6/h6-7,12H,1-5H2,(H2,11,14)(H,13,15)(H,16,17)/t6?,7-/m0/s1. The minimum absolute atomic E-state index is 0.0184. The normalized spacial score (nSPS) is 22.7. The summed E-state index contributed by atoms with van der Waals surface area (Å²) in [5.41, 5.74) is 4.88. The molecule has 1 aliphatic rings. The maximum Gasteiger partial charge on any atom is 0.326 e. The number of carboxylic acids is 1. The van der Waals surface area contributed by atoms with Gasteiger partial charge in [0.2, 0.25) is 11.8 Å². The van der Waals surface area contributed by atoms with Crippen LogP contribution in [0.2, 0.25) is 0 Å². The summed E-state index contributed by atoms with van der Waals surface area (Å²) < 4.78 is 22.8. The van der Waals surface area contributed by atoms with Crippen LogP contribution in [-0.2, 0) is 24.2 Å². The fraction of sp³-hybridized carbons (Fsp3) is 0.700. The van der Waals surface area contributed by atoms with Crippen LogP contribution in [0.25, 0.3) is 0 Å². The first kappa shape index (κ1) is 16.4. The van der Waals surface area contributed by atoms with Gasteiger partial charge in [0, 0.05) is 19.0 Å². The van der Waals surface area contributed by atoms with E-state index < -0.39 is 46.1 Å². The van der Waals surface area contributed by atoms with Crippen molar-refractivity contribution in [3.05, 3.63) is 0 Å². The van der Waals surface area contributed by atoms with Gasteiger partial charge in [-0.05, 0) is 0 Å². The third kappa shape index (κ3) is 5.53. The molecule has 0 aromatic heterocycles. The number of hydrogen-bond acceptors (Lipinski definition) is 6. The number of sulfone groups is 1. The van der Waals surface area contributed by atoms with Crippen LogP contribution in [0.5, 0.6) is 0 Å². The largest absolute Gasteiger partial charge is 0.480 e. The highest BCUT2D eigenvalue weighted by Gasteiger charge is 2.28. The fourth-order valence-corrected chi connectivity index (χ4v) is 3.32. The zero-order chi connectivity index (χ0) is 15.3. The van der Waals surface area contributed by atoms with Crippen molar-refractivity contribution >= 4 is 27.6 Å². The molecule has 1 rings (SSSR count). The molecule has 1 unspecified atom stereocenters. The number of nitrogens with one attached hydrogen (secondary N) is 2. The molecule has 0 aliphatic carbocycles. The monoisotopic (exact) mass is 307 g/mol. The van der Waals surface area contributed by atoms with Crippen LogP contribution >= 0.6 is 0 Å². The third-order valence-corrected chi connectivity index (χ3v) is 4.51. The lowest BCUT2D eigenvalue weighted by atomic mass is 10.1. The molecule has 1 fully saturated rings. The number of nitrogens with two attached hydrogens (primary N) is 1. The van der Waals surface area contributed by atoms with Gasteiger partial charge in [-0.15, -0.1) is 0 Å². The Morgan fingerprint density at radius 2 is 2.05 bits per heavy atom. The first-order valence-corrected chi connectivity index (χ1v) is 7.76. The molecular weight excluding hydrogens is 290 g/mol. The number of rotatable bonds is 6. The zero-order valence-corrected chi connectivity index (χ0v) is 11.5. The molecule has 20 heavy (non-hydrogen) atoms. The zero-order valence-electron chi connectivity index (χ0n) is 10.7. The SMILES string of the molecule is NC(=O)C[C@H](NC(=O)CC1CS(=O)(=O)CCN1)C(=O)O. The molecule has 114 valence electrons. The van der Waals surface area contributed by atoms with E-state index in [-0.39, 0.29) is 24.5 Å². The summed E-state index contributed by atoms with van der Waals surface area (Å²) in [6.07, 6.45) is -0.695. The van der Waals surface area contributed by atoms with E-state index >= 15 is 0 Å². The Hall–Kier alpha value is -1.68. The minimum atomic E-state index is -3.17. The molecule has 9 nitrogen and oxygen atoms in total. The number of hydrogen-bond donors (Lipinski definition) is 4. The predicted octanol–water partition coefficient (Wildman–Crippen LogP) is -2.79. The van der Waals surface area contributed by atoms with Gasteiger partial charge >= 0.3 is 5.97 Å². The highest BCUT2D eigenvalue weighted by molar-refractivity contribution is 7.91. The van der Waals surface area contributed by atoms with Crippen molar-refractivity contribution in [1.29, 1.82) is 0 Å². The van der Waals surface area contributed by atoms with Crippen LogP contribution in [0, 0.1) is 0 Å². The number of carboxylic acid groups (broad SMARTS) is 1. The van der Waals surface area contributed by atoms with E-state index in [1.807, 2.05) is 0 Å². The molecule has 1 saturated heterocycles. The number of aliphatic carboxylic acids is 1. The Balaban J connectivity index is 2.53. The summed E-state index contributed by atoms with van der Waals surface area (Å²) in [5, 5.41) is 13.8. The first-order chi connectivity index (χ1) is 9.19. The Morgan fingerprint density at radius 3 is 2.55 bits per heavy atom. The topological polar surface area (TPSA) is 156 Å². The summed E-state index contributed by atoms with van der Waals surface area (Å²) in [6.45, 7) is 0.254. The van der Waals surface area contributed by atoms with E-state index in [0.29, 0.717) is 0 Å². The van der Waals surface area contributed by atoms with E-state index in [1.54, 1.807) is 0 Å². The van der Waals surface area contributed by atoms with Crippen molar-refractivity contribution in [3.8, 4) is 0 Å². The minimum Gasteiger partial charge on any atom is -0.480 e. The Morgan fingerprint density at radius 1 is 1.40 bits per heavy atom. The van der Waals surface area contributed by atoms with Gasteiger partial charge in [0.15, 0.2) is 9.84 Å². The Kier molecular flexibility index (Phi) is 5.45. The van der Waals surface area contributed by atoms with Crippen molar-refractivity contribution in [2.75, 3.05) is 18.1 Å². The first-order valence-electron chi connectivity index (χ1n) is 5.94. The quantitative estimate of drug-likeness (QED) is 0.413. The summed E-state index contributed by atoms with van der Waals surface area (Å²) in [6, 6.07) is -1.96. The van der Waals surface area contributed by atoms with Crippen molar-refractivity contribution in [2.45, 2.75) is 24.9 Å². The van der Waals surface area contributed by atoms with Gasteiger partial charge in [0.05, 0.1) is 17.9 Å². The van der Waals surface area contributed by atoms with E-state index in [4.69, 9.17) is 10.8 Å². The molecule has 5 N–H and O–H groups in total. The number of amides is 2. The summed E-state index contributed by atoms with van der Waals surface area (Å²) in [7, 11) is -3.17. The van der Waals surface area contributed by atoms with Gasteiger partial charge < -0.3 is 21.5 Å². The highest BCUT2D eigenvalue weighted by atomic mass is 32.2. The number of primary amides is 1. The van der Waals surface area contributed by atoms with Crippen LogP contribution < -0.4 is 16.4 Å². The molecule has 0 aromatic carbocycles. The van der Waals surface area contributed by atoms with Crippen LogP contribution in [0.15, 0.2) is 0 Å². The molecule has 2 amide bonds. The smallest absolute Gasteiger partial charge is 0.326 e. The Labute approximate surface area is 115 Å². The van der Waals surface area contributed by atoms with Gasteiger partial charge in [-0.1, -0.05) is 0 Å². The van der Waals surface area contributed by atoms with E-state index in [1.165, 1.54) is 0 Å². The molecule has 0 radical (unpaired) electrons. The van der Waals surface area contributed by atoms with Crippen LogP contribution in [0.3, 0.4) is 0 Å². The maximum absolute atomic E-state index is 11.7. The molecule has 2 atom stereocenters. The van der Waals surface area contributed by atoms with Crippen LogP contribution in [-0.4, -0.2) is 61.4 Å². The van der Waals surface area contributed by atoms with Gasteiger partial charge in [-0.2, -0.15) is 0 Å². The van der Waals surface area contributed by atoms with Crippen molar-refractivity contribution in [1.82, 2.24) is 10.6 Å². The van der Waals surface area contributed by atoms with E-state index in [0.717, 1.165) is 0 Å². The number of carbonyl (C=O) groups excluding carboxylic acids is 2. The Bertz CT molecular complexity index is 503. The maximum atomic E-state index is 11.7. The van der Waals surface area contributed by atoms with Crippen molar-refractivity contribution < 1.29 is 27.9 Å². The molecular formula is C10H17N3O6S. The predicted molar refractivity (Wildman–Crippen MR) is 68.4 cm³/mol. The molecule has 1 aliphatic heterocycles. The second-order valence-corrected chi connectivity index (χ2v) is 6.83. The summed E-state index contributed by atoms with van der Waals surface area (Å²) in [4.78, 5) is 33.2. The number of carbonyl (C=O) groups is 3. The highest BCUT2D eigenvalue weighted by Crippen LogP contribution is 2.05. The third-order valence-electron chi connectivity index (χ3n) is 2.77. The average Bonchev–Trinajstić information content (AvgIpc) is 2.25. The molecule has 1 heterocycles. The van der Waals surface area contributed by atoms with Crippen molar-refractivity contribution in [2.24, 2.45) is 5.73 Å². The fourth-order valence-electron chi connectivity index (χ4n) is 1.88. The average molecular weight is 307 g/mol. The second kappa shape index (κ2) is 6.66. The van der Waals surface area contributed by atoms with E-state index in [9.17, 15) is 22.8 Å². The van der Waals surface area contributed by atoms with Gasteiger partial charge in [-0.25, -0.2) is 13.2 Å².